The summed E-state index contributed by atoms with van der Waals surface area (Å²) < 4.78 is 5.41. The number of benzene rings is 1. The molecular formula is C17H30N2O2. The second-order valence-electron chi connectivity index (χ2n) is 5.73. The molecule has 4 heteroatoms. The van der Waals surface area contributed by atoms with E-state index in [1.54, 1.807) is 7.11 Å². The predicted molar refractivity (Wildman–Crippen MR) is 87.7 cm³/mol. The third kappa shape index (κ3) is 4.99. The number of aliphatic hydroxyl groups is 1. The van der Waals surface area contributed by atoms with Gasteiger partial charge in [0.1, 0.15) is 5.75 Å². The summed E-state index contributed by atoms with van der Waals surface area (Å²) in [6, 6.07) is 8.35. The molecule has 3 N–H and O–H groups in total. The monoisotopic (exact) mass is 294 g/mol. The zero-order valence-corrected chi connectivity index (χ0v) is 13.7. The van der Waals surface area contributed by atoms with E-state index < -0.39 is 0 Å². The summed E-state index contributed by atoms with van der Waals surface area (Å²) in [5.41, 5.74) is 7.38. The third-order valence-electron chi connectivity index (χ3n) is 4.23. The molecule has 0 aliphatic rings. The number of hydrogen-bond acceptors (Lipinski definition) is 4. The van der Waals surface area contributed by atoms with Gasteiger partial charge in [0.25, 0.3) is 0 Å². The Balaban J connectivity index is 2.74. The minimum Gasteiger partial charge on any atom is -0.496 e. The maximum absolute atomic E-state index is 9.66. The summed E-state index contributed by atoms with van der Waals surface area (Å²) in [5, 5.41) is 9.66. The number of rotatable bonds is 9. The lowest BCUT2D eigenvalue weighted by Crippen LogP contribution is -2.52. The van der Waals surface area contributed by atoms with Gasteiger partial charge in [-0.2, -0.15) is 0 Å². The zero-order valence-electron chi connectivity index (χ0n) is 13.7. The minimum atomic E-state index is -0.00495. The van der Waals surface area contributed by atoms with Crippen LogP contribution in [0.3, 0.4) is 0 Å². The molecule has 21 heavy (non-hydrogen) atoms. The van der Waals surface area contributed by atoms with Gasteiger partial charge in [0, 0.05) is 18.1 Å². The Morgan fingerprint density at radius 1 is 1.33 bits per heavy atom. The number of aliphatic hydroxyl groups excluding tert-OH is 1. The van der Waals surface area contributed by atoms with Crippen molar-refractivity contribution < 1.29 is 9.84 Å². The first-order chi connectivity index (χ1) is 10.0. The van der Waals surface area contributed by atoms with Crippen molar-refractivity contribution >= 4 is 0 Å². The van der Waals surface area contributed by atoms with Crippen LogP contribution in [-0.2, 0) is 6.42 Å². The Bertz CT molecular complexity index is 412. The molecule has 0 bridgehead atoms. The summed E-state index contributed by atoms with van der Waals surface area (Å²) in [6.45, 7) is 4.37. The molecule has 1 aromatic rings. The molecule has 0 aromatic heterocycles. The van der Waals surface area contributed by atoms with E-state index in [2.05, 4.69) is 24.8 Å². The van der Waals surface area contributed by atoms with Crippen LogP contribution in [0.2, 0.25) is 0 Å². The van der Waals surface area contributed by atoms with Crippen LogP contribution in [0.25, 0.3) is 0 Å². The van der Waals surface area contributed by atoms with Crippen molar-refractivity contribution in [2.45, 2.75) is 51.2 Å². The standard InChI is InChI=1S/C17H30N2O2/c1-5-8-15(18)16(12-20)19(3)13(2)11-14-9-6-7-10-17(14)21-4/h6-7,9-10,13,15-16,20H,5,8,11-12,18H2,1-4H3. The lowest BCUT2D eigenvalue weighted by molar-refractivity contribution is 0.0939. The van der Waals surface area contributed by atoms with Crippen LogP contribution in [0.5, 0.6) is 5.75 Å². The summed E-state index contributed by atoms with van der Waals surface area (Å²) >= 11 is 0. The lowest BCUT2D eigenvalue weighted by atomic mass is 9.99. The minimum absolute atomic E-state index is 0.00474. The summed E-state index contributed by atoms with van der Waals surface area (Å²) in [5.74, 6) is 0.913. The van der Waals surface area contributed by atoms with Crippen molar-refractivity contribution in [1.29, 1.82) is 0 Å². The number of methoxy groups -OCH3 is 1. The topological polar surface area (TPSA) is 58.7 Å². The van der Waals surface area contributed by atoms with Crippen molar-refractivity contribution in [2.75, 3.05) is 20.8 Å². The zero-order chi connectivity index (χ0) is 15.8. The van der Waals surface area contributed by atoms with Crippen molar-refractivity contribution in [2.24, 2.45) is 5.73 Å². The highest BCUT2D eigenvalue weighted by molar-refractivity contribution is 5.33. The van der Waals surface area contributed by atoms with Gasteiger partial charge in [0.05, 0.1) is 13.7 Å². The first-order valence-corrected chi connectivity index (χ1v) is 7.75. The Labute approximate surface area is 128 Å². The van der Waals surface area contributed by atoms with Gasteiger partial charge in [-0.1, -0.05) is 31.5 Å². The third-order valence-corrected chi connectivity index (χ3v) is 4.23. The van der Waals surface area contributed by atoms with Gasteiger partial charge in [0.2, 0.25) is 0 Å². The molecule has 120 valence electrons. The maximum atomic E-state index is 9.66. The Morgan fingerprint density at radius 2 is 2.00 bits per heavy atom. The second kappa shape index (κ2) is 9.03. The number of ether oxygens (including phenoxy) is 1. The fourth-order valence-corrected chi connectivity index (χ4v) is 2.75. The van der Waals surface area contributed by atoms with Gasteiger partial charge in [0.15, 0.2) is 0 Å². The number of para-hydroxylation sites is 1. The van der Waals surface area contributed by atoms with E-state index in [1.807, 2.05) is 25.2 Å². The Morgan fingerprint density at radius 3 is 2.57 bits per heavy atom. The first-order valence-electron chi connectivity index (χ1n) is 7.75. The largest absolute Gasteiger partial charge is 0.496 e. The van der Waals surface area contributed by atoms with E-state index in [9.17, 15) is 5.11 Å². The van der Waals surface area contributed by atoms with Crippen LogP contribution in [0.15, 0.2) is 24.3 Å². The Kier molecular flexibility index (Phi) is 7.72. The van der Waals surface area contributed by atoms with E-state index in [-0.39, 0.29) is 24.7 Å². The number of likely N-dealkylation sites (N-methyl/N-ethyl adjacent to an activating group) is 1. The van der Waals surface area contributed by atoms with Gasteiger partial charge in [-0.05, 0) is 38.4 Å². The number of nitrogens with zero attached hydrogens (tertiary/aromatic N) is 1. The SMILES string of the molecule is CCCC(N)C(CO)N(C)C(C)Cc1ccccc1OC. The molecule has 1 aromatic carbocycles. The van der Waals surface area contributed by atoms with Crippen LogP contribution < -0.4 is 10.5 Å². The van der Waals surface area contributed by atoms with Crippen molar-refractivity contribution in [3.63, 3.8) is 0 Å². The predicted octanol–water partition coefficient (Wildman–Crippen LogP) is 2.05. The number of hydrogen-bond donors (Lipinski definition) is 2. The normalized spacial score (nSPS) is 15.8. The maximum Gasteiger partial charge on any atom is 0.122 e. The van der Waals surface area contributed by atoms with Crippen LogP contribution in [0, 0.1) is 0 Å². The molecule has 0 saturated carbocycles. The average Bonchev–Trinajstić information content (AvgIpc) is 2.48. The smallest absolute Gasteiger partial charge is 0.122 e. The second-order valence-corrected chi connectivity index (χ2v) is 5.73. The molecule has 3 atom stereocenters. The molecular weight excluding hydrogens is 264 g/mol. The highest BCUT2D eigenvalue weighted by atomic mass is 16.5. The summed E-state index contributed by atoms with van der Waals surface area (Å²) in [4.78, 5) is 2.19. The van der Waals surface area contributed by atoms with Gasteiger partial charge in [-0.3, -0.25) is 4.90 Å². The molecule has 0 aliphatic carbocycles. The van der Waals surface area contributed by atoms with Crippen LogP contribution in [-0.4, -0.2) is 48.9 Å². The van der Waals surface area contributed by atoms with Crippen LogP contribution >= 0.6 is 0 Å². The molecule has 0 heterocycles. The molecule has 0 aliphatic heterocycles. The van der Waals surface area contributed by atoms with E-state index in [1.165, 1.54) is 5.56 Å². The fourth-order valence-electron chi connectivity index (χ4n) is 2.75. The number of nitrogens with two attached hydrogens (primary N) is 1. The first kappa shape index (κ1) is 18.0. The molecule has 0 saturated heterocycles. The summed E-state index contributed by atoms with van der Waals surface area (Å²) in [7, 11) is 3.73. The highest BCUT2D eigenvalue weighted by Gasteiger charge is 2.25. The van der Waals surface area contributed by atoms with Crippen LogP contribution in [0.1, 0.15) is 32.3 Å². The molecule has 0 amide bonds. The van der Waals surface area contributed by atoms with Crippen molar-refractivity contribution in [3.05, 3.63) is 29.8 Å². The Hall–Kier alpha value is -1.10. The molecule has 0 radical (unpaired) electrons. The van der Waals surface area contributed by atoms with E-state index >= 15 is 0 Å². The molecule has 1 rings (SSSR count). The summed E-state index contributed by atoms with van der Waals surface area (Å²) in [6.07, 6.45) is 2.83. The van der Waals surface area contributed by atoms with Crippen LogP contribution in [0.4, 0.5) is 0 Å². The molecule has 3 unspecified atom stereocenters. The quantitative estimate of drug-likeness (QED) is 0.732. The molecule has 4 nitrogen and oxygen atoms in total. The van der Waals surface area contributed by atoms with Gasteiger partial charge in [-0.15, -0.1) is 0 Å². The fraction of sp³-hybridized carbons (Fsp3) is 0.647. The molecule has 0 spiro atoms. The molecule has 0 fully saturated rings. The average molecular weight is 294 g/mol. The van der Waals surface area contributed by atoms with Crippen molar-refractivity contribution in [3.8, 4) is 5.75 Å². The van der Waals surface area contributed by atoms with E-state index in [0.717, 1.165) is 25.0 Å². The van der Waals surface area contributed by atoms with Gasteiger partial charge in [-0.25, -0.2) is 0 Å². The van der Waals surface area contributed by atoms with Crippen molar-refractivity contribution in [1.82, 2.24) is 4.90 Å². The van der Waals surface area contributed by atoms with E-state index in [4.69, 9.17) is 10.5 Å². The van der Waals surface area contributed by atoms with Gasteiger partial charge >= 0.3 is 0 Å². The van der Waals surface area contributed by atoms with Gasteiger partial charge < -0.3 is 15.6 Å². The lowest BCUT2D eigenvalue weighted by Gasteiger charge is -2.36. The highest BCUT2D eigenvalue weighted by Crippen LogP contribution is 2.21. The van der Waals surface area contributed by atoms with E-state index in [0.29, 0.717) is 0 Å².